The van der Waals surface area contributed by atoms with Gasteiger partial charge in [0.1, 0.15) is 0 Å². The Labute approximate surface area is 73.5 Å². The van der Waals surface area contributed by atoms with Gasteiger partial charge in [0.15, 0.2) is 0 Å². The van der Waals surface area contributed by atoms with E-state index in [0.717, 1.165) is 5.69 Å². The summed E-state index contributed by atoms with van der Waals surface area (Å²) >= 11 is 0. The van der Waals surface area contributed by atoms with Crippen LogP contribution in [-0.4, -0.2) is 5.87 Å². The lowest BCUT2D eigenvalue weighted by molar-refractivity contribution is 0.839. The number of nitrogens with zero attached hydrogens (tertiary/aromatic N) is 1. The van der Waals surface area contributed by atoms with Gasteiger partial charge in [-0.05, 0) is 30.0 Å². The van der Waals surface area contributed by atoms with E-state index < -0.39 is 0 Å². The molecule has 1 nitrogen and oxygen atoms in total. The van der Waals surface area contributed by atoms with Crippen LogP contribution in [0.15, 0.2) is 41.4 Å². The van der Waals surface area contributed by atoms with Gasteiger partial charge in [0, 0.05) is 0 Å². The Morgan fingerprint density at radius 1 is 1.25 bits per heavy atom. The summed E-state index contributed by atoms with van der Waals surface area (Å²) in [6.45, 7) is 4.21. The molecule has 0 N–H and O–H groups in total. The van der Waals surface area contributed by atoms with Gasteiger partial charge >= 0.3 is 0 Å². The first-order valence-electron chi connectivity index (χ1n) is 4.13. The molecule has 1 rings (SSSR count). The monoisotopic (exact) mass is 159 g/mol. The fraction of sp³-hybridized carbons (Fsp3) is 0.273. The number of allylic oxidation sites excluding steroid dienone is 1. The maximum atomic E-state index is 4.14. The summed E-state index contributed by atoms with van der Waals surface area (Å²) in [5.41, 5.74) is 0.953. The Hall–Kier alpha value is -1.33. The molecule has 0 radical (unpaired) electrons. The van der Waals surface area contributed by atoms with Crippen LogP contribution in [0.3, 0.4) is 0 Å². The van der Waals surface area contributed by atoms with Crippen molar-refractivity contribution >= 4 is 11.6 Å². The molecule has 0 unspecified atom stereocenters. The molecular formula is C11H13N. The van der Waals surface area contributed by atoms with Crippen LogP contribution in [0.25, 0.3) is 0 Å². The Balaban J connectivity index is 2.70. The highest BCUT2D eigenvalue weighted by Crippen LogP contribution is 2.07. The maximum Gasteiger partial charge on any atom is 0.0729 e. The summed E-state index contributed by atoms with van der Waals surface area (Å²) in [6.07, 6.45) is 1.95. The van der Waals surface area contributed by atoms with E-state index in [1.165, 1.54) is 0 Å². The number of para-hydroxylation sites is 1. The van der Waals surface area contributed by atoms with Crippen LogP contribution in [0.5, 0.6) is 0 Å². The minimum Gasteiger partial charge on any atom is -0.207 e. The van der Waals surface area contributed by atoms with Gasteiger partial charge in [-0.2, -0.15) is 0 Å². The molecule has 1 aromatic rings. The van der Waals surface area contributed by atoms with Gasteiger partial charge in [-0.3, -0.25) is 0 Å². The van der Waals surface area contributed by atoms with Crippen molar-refractivity contribution in [2.75, 3.05) is 0 Å². The van der Waals surface area contributed by atoms with Crippen molar-refractivity contribution < 1.29 is 0 Å². The lowest BCUT2D eigenvalue weighted by Gasteiger charge is -1.88. The molecule has 0 fully saturated rings. The number of hydrogen-bond donors (Lipinski definition) is 0. The smallest absolute Gasteiger partial charge is 0.0729 e. The second kappa shape index (κ2) is 4.53. The summed E-state index contributed by atoms with van der Waals surface area (Å²) in [5.74, 6) is 3.41. The van der Waals surface area contributed by atoms with E-state index in [9.17, 15) is 0 Å². The third-order valence-electron chi connectivity index (χ3n) is 1.36. The van der Waals surface area contributed by atoms with Crippen molar-refractivity contribution in [1.29, 1.82) is 0 Å². The molecule has 0 atom stereocenters. The molecule has 1 aromatic carbocycles. The molecule has 0 bridgehead atoms. The maximum absolute atomic E-state index is 4.14. The Morgan fingerprint density at radius 2 is 1.92 bits per heavy atom. The molecule has 0 saturated heterocycles. The second-order valence-corrected chi connectivity index (χ2v) is 2.99. The predicted molar refractivity (Wildman–Crippen MR) is 52.9 cm³/mol. The number of rotatable bonds is 2. The molecule has 0 aliphatic rings. The van der Waals surface area contributed by atoms with Crippen LogP contribution in [0, 0.1) is 5.92 Å². The number of hydrogen-bond acceptors (Lipinski definition) is 1. The van der Waals surface area contributed by atoms with Crippen molar-refractivity contribution in [3.8, 4) is 0 Å². The van der Waals surface area contributed by atoms with E-state index >= 15 is 0 Å². The normalized spacial score (nSPS) is 9.25. The quantitative estimate of drug-likeness (QED) is 0.587. The lowest BCUT2D eigenvalue weighted by atomic mass is 10.2. The number of benzene rings is 1. The highest BCUT2D eigenvalue weighted by molar-refractivity contribution is 5.58. The summed E-state index contributed by atoms with van der Waals surface area (Å²) in [6, 6.07) is 9.83. The van der Waals surface area contributed by atoms with E-state index in [0.29, 0.717) is 5.92 Å². The highest BCUT2D eigenvalue weighted by Gasteiger charge is 1.82. The molecule has 1 heteroatoms. The summed E-state index contributed by atoms with van der Waals surface area (Å²) in [7, 11) is 0. The molecule has 0 heterocycles. The third-order valence-corrected chi connectivity index (χ3v) is 1.36. The number of aliphatic imine (C=N–C) groups is 1. The van der Waals surface area contributed by atoms with E-state index in [2.05, 4.69) is 24.7 Å². The molecular weight excluding hydrogens is 146 g/mol. The van der Waals surface area contributed by atoms with Crippen molar-refractivity contribution in [1.82, 2.24) is 0 Å². The van der Waals surface area contributed by atoms with Crippen LogP contribution in [0.1, 0.15) is 13.8 Å². The zero-order valence-corrected chi connectivity index (χ0v) is 7.49. The third kappa shape index (κ3) is 3.18. The van der Waals surface area contributed by atoms with E-state index in [-0.39, 0.29) is 0 Å². The van der Waals surface area contributed by atoms with Crippen molar-refractivity contribution in [3.63, 3.8) is 0 Å². The average Bonchev–Trinajstić information content (AvgIpc) is 2.05. The zero-order valence-electron chi connectivity index (χ0n) is 7.49. The molecule has 12 heavy (non-hydrogen) atoms. The van der Waals surface area contributed by atoms with Gasteiger partial charge in [-0.25, -0.2) is 4.99 Å². The predicted octanol–water partition coefficient (Wildman–Crippen LogP) is 3.20. The van der Waals surface area contributed by atoms with Crippen molar-refractivity contribution in [2.24, 2.45) is 10.9 Å². The Kier molecular flexibility index (Phi) is 3.31. The molecule has 0 aliphatic heterocycles. The fourth-order valence-corrected chi connectivity index (χ4v) is 0.763. The Morgan fingerprint density at radius 3 is 2.50 bits per heavy atom. The second-order valence-electron chi connectivity index (χ2n) is 2.99. The van der Waals surface area contributed by atoms with Gasteiger partial charge in [-0.15, -0.1) is 0 Å². The van der Waals surface area contributed by atoms with E-state index in [4.69, 9.17) is 0 Å². The van der Waals surface area contributed by atoms with Gasteiger partial charge in [0.2, 0.25) is 0 Å². The minimum absolute atomic E-state index is 0.512. The zero-order chi connectivity index (χ0) is 8.81. The molecule has 0 spiro atoms. The topological polar surface area (TPSA) is 12.4 Å². The lowest BCUT2D eigenvalue weighted by Crippen LogP contribution is -1.75. The van der Waals surface area contributed by atoms with Crippen molar-refractivity contribution in [2.45, 2.75) is 13.8 Å². The average molecular weight is 159 g/mol. The highest BCUT2D eigenvalue weighted by atomic mass is 14.7. The van der Waals surface area contributed by atoms with Crippen LogP contribution in [0.4, 0.5) is 5.69 Å². The molecule has 0 aromatic heterocycles. The fourth-order valence-electron chi connectivity index (χ4n) is 0.763. The summed E-state index contributed by atoms with van der Waals surface area (Å²) in [4.78, 5) is 4.14. The minimum atomic E-state index is 0.512. The van der Waals surface area contributed by atoms with Crippen molar-refractivity contribution in [3.05, 3.63) is 36.4 Å². The summed E-state index contributed by atoms with van der Waals surface area (Å²) < 4.78 is 0. The molecule has 62 valence electrons. The van der Waals surface area contributed by atoms with Crippen LogP contribution >= 0.6 is 0 Å². The van der Waals surface area contributed by atoms with Gasteiger partial charge in [0.05, 0.1) is 5.69 Å². The van der Waals surface area contributed by atoms with E-state index in [1.807, 2.05) is 36.4 Å². The first-order valence-corrected chi connectivity index (χ1v) is 4.13. The van der Waals surface area contributed by atoms with Gasteiger partial charge in [0.25, 0.3) is 0 Å². The van der Waals surface area contributed by atoms with Crippen LogP contribution < -0.4 is 0 Å². The molecule has 0 saturated carbocycles. The van der Waals surface area contributed by atoms with Crippen LogP contribution in [-0.2, 0) is 0 Å². The standard InChI is InChI=1S/C11H13N/c1-10(2)8-9-12-11-6-4-3-5-7-11/h3-8,10H,1-2H3. The summed E-state index contributed by atoms with van der Waals surface area (Å²) in [5, 5.41) is 0. The van der Waals surface area contributed by atoms with Gasteiger partial charge < -0.3 is 0 Å². The van der Waals surface area contributed by atoms with E-state index in [1.54, 1.807) is 0 Å². The first-order chi connectivity index (χ1) is 5.79. The van der Waals surface area contributed by atoms with Crippen LogP contribution in [0.2, 0.25) is 0 Å². The molecule has 0 aliphatic carbocycles. The Bertz CT molecular complexity index is 279. The SMILES string of the molecule is CC(C)C=C=Nc1ccccc1. The largest absolute Gasteiger partial charge is 0.207 e. The first kappa shape index (κ1) is 8.76. The van der Waals surface area contributed by atoms with Gasteiger partial charge in [-0.1, -0.05) is 32.0 Å². The molecule has 0 amide bonds.